The summed E-state index contributed by atoms with van der Waals surface area (Å²) in [7, 11) is 0. The molecule has 0 heterocycles. The van der Waals surface area contributed by atoms with Gasteiger partial charge in [0.05, 0.1) is 0 Å². The molecular weight excluding hydrogens is 268 g/mol. The number of rotatable bonds is 4. The third-order valence-corrected chi connectivity index (χ3v) is 3.19. The van der Waals surface area contributed by atoms with Crippen LogP contribution in [0.4, 0.5) is 8.78 Å². The zero-order chi connectivity index (χ0) is 13.8. The van der Waals surface area contributed by atoms with Gasteiger partial charge in [-0.1, -0.05) is 29.8 Å². The molecule has 0 amide bonds. The van der Waals surface area contributed by atoms with Gasteiger partial charge in [-0.05, 0) is 42.7 Å². The summed E-state index contributed by atoms with van der Waals surface area (Å²) in [6.07, 6.45) is 0.714. The van der Waals surface area contributed by atoms with Gasteiger partial charge in [-0.25, -0.2) is 8.78 Å². The molecule has 19 heavy (non-hydrogen) atoms. The first-order valence-electron chi connectivity index (χ1n) is 5.99. The van der Waals surface area contributed by atoms with Gasteiger partial charge in [0.25, 0.3) is 0 Å². The van der Waals surface area contributed by atoms with Gasteiger partial charge in [0.1, 0.15) is 11.6 Å². The van der Waals surface area contributed by atoms with Crippen molar-refractivity contribution in [2.24, 2.45) is 5.73 Å². The summed E-state index contributed by atoms with van der Waals surface area (Å²) in [6.45, 7) is 0. The van der Waals surface area contributed by atoms with Crippen LogP contribution in [-0.2, 0) is 12.8 Å². The lowest BCUT2D eigenvalue weighted by atomic mass is 9.99. The van der Waals surface area contributed by atoms with Crippen LogP contribution < -0.4 is 5.73 Å². The Kier molecular flexibility index (Phi) is 4.51. The minimum Gasteiger partial charge on any atom is -0.327 e. The van der Waals surface area contributed by atoms with Crippen molar-refractivity contribution >= 4 is 11.6 Å². The van der Waals surface area contributed by atoms with Crippen LogP contribution in [0.5, 0.6) is 0 Å². The van der Waals surface area contributed by atoms with Crippen LogP contribution in [-0.4, -0.2) is 6.04 Å². The van der Waals surface area contributed by atoms with Gasteiger partial charge in [-0.3, -0.25) is 0 Å². The molecule has 0 aliphatic carbocycles. The summed E-state index contributed by atoms with van der Waals surface area (Å²) in [5.41, 5.74) is 6.99. The Morgan fingerprint density at radius 3 is 2.11 bits per heavy atom. The zero-order valence-electron chi connectivity index (χ0n) is 10.2. The van der Waals surface area contributed by atoms with E-state index in [0.717, 1.165) is 5.56 Å². The van der Waals surface area contributed by atoms with E-state index < -0.39 is 11.6 Å². The second-order valence-corrected chi connectivity index (χ2v) is 4.93. The van der Waals surface area contributed by atoms with Crippen molar-refractivity contribution in [1.82, 2.24) is 0 Å². The largest absolute Gasteiger partial charge is 0.327 e. The summed E-state index contributed by atoms with van der Waals surface area (Å²) >= 11 is 5.79. The van der Waals surface area contributed by atoms with Crippen LogP contribution in [0.1, 0.15) is 11.1 Å². The highest BCUT2D eigenvalue weighted by molar-refractivity contribution is 6.30. The van der Waals surface area contributed by atoms with E-state index in [4.69, 9.17) is 17.3 Å². The molecule has 0 fully saturated rings. The van der Waals surface area contributed by atoms with Crippen molar-refractivity contribution in [2.45, 2.75) is 18.9 Å². The van der Waals surface area contributed by atoms with E-state index in [1.54, 1.807) is 12.1 Å². The van der Waals surface area contributed by atoms with Gasteiger partial charge >= 0.3 is 0 Å². The molecule has 2 aromatic rings. The average Bonchev–Trinajstić information content (AvgIpc) is 2.37. The minimum atomic E-state index is -0.549. The van der Waals surface area contributed by atoms with Gasteiger partial charge in [0.2, 0.25) is 0 Å². The summed E-state index contributed by atoms with van der Waals surface area (Å²) in [4.78, 5) is 0. The Morgan fingerprint density at radius 1 is 0.947 bits per heavy atom. The first-order valence-corrected chi connectivity index (χ1v) is 6.37. The fourth-order valence-corrected chi connectivity index (χ4v) is 2.11. The Morgan fingerprint density at radius 2 is 1.53 bits per heavy atom. The molecule has 0 spiro atoms. The summed E-state index contributed by atoms with van der Waals surface area (Å²) in [6, 6.07) is 10.8. The molecule has 0 saturated carbocycles. The summed E-state index contributed by atoms with van der Waals surface area (Å²) < 4.78 is 27.0. The molecule has 0 aliphatic rings. The van der Waals surface area contributed by atoms with E-state index in [9.17, 15) is 8.78 Å². The minimum absolute atomic E-state index is 0.0453. The number of halogens is 3. The quantitative estimate of drug-likeness (QED) is 0.908. The second-order valence-electron chi connectivity index (χ2n) is 4.50. The number of hydrogen-bond acceptors (Lipinski definition) is 1. The predicted octanol–water partition coefficient (Wildman–Crippen LogP) is 3.73. The first kappa shape index (κ1) is 14.0. The lowest BCUT2D eigenvalue weighted by Gasteiger charge is -2.13. The van der Waals surface area contributed by atoms with Gasteiger partial charge in [-0.2, -0.15) is 0 Å². The third-order valence-electron chi connectivity index (χ3n) is 2.94. The molecule has 2 rings (SSSR count). The predicted molar refractivity (Wildman–Crippen MR) is 73.2 cm³/mol. The molecule has 0 bridgehead atoms. The van der Waals surface area contributed by atoms with E-state index >= 15 is 0 Å². The molecule has 0 saturated heterocycles. The maximum absolute atomic E-state index is 13.5. The normalized spacial score (nSPS) is 12.4. The molecule has 4 heteroatoms. The second kappa shape index (κ2) is 6.13. The van der Waals surface area contributed by atoms with Crippen LogP contribution in [0, 0.1) is 11.6 Å². The maximum Gasteiger partial charge on any atom is 0.129 e. The molecule has 1 unspecified atom stereocenters. The smallest absolute Gasteiger partial charge is 0.129 e. The zero-order valence-corrected chi connectivity index (χ0v) is 11.0. The van der Waals surface area contributed by atoms with Crippen LogP contribution in [0.15, 0.2) is 42.5 Å². The Hall–Kier alpha value is -1.45. The Balaban J connectivity index is 2.05. The van der Waals surface area contributed by atoms with Crippen molar-refractivity contribution in [2.75, 3.05) is 0 Å². The van der Waals surface area contributed by atoms with Gasteiger partial charge in [0, 0.05) is 16.6 Å². The third kappa shape index (κ3) is 3.75. The van der Waals surface area contributed by atoms with Gasteiger partial charge in [0.15, 0.2) is 0 Å². The van der Waals surface area contributed by atoms with E-state index in [0.29, 0.717) is 11.4 Å². The molecule has 1 atom stereocenters. The molecule has 0 aliphatic heterocycles. The molecule has 2 aromatic carbocycles. The number of nitrogens with two attached hydrogens (primary N) is 1. The van der Waals surface area contributed by atoms with E-state index in [1.807, 2.05) is 12.1 Å². The van der Waals surface area contributed by atoms with E-state index in [1.165, 1.54) is 18.2 Å². The van der Waals surface area contributed by atoms with Crippen molar-refractivity contribution < 1.29 is 8.78 Å². The lowest BCUT2D eigenvalue weighted by molar-refractivity contribution is 0.533. The van der Waals surface area contributed by atoms with Crippen molar-refractivity contribution in [3.05, 3.63) is 70.2 Å². The number of benzene rings is 2. The maximum atomic E-state index is 13.5. The SMILES string of the molecule is NC(Cc1ccc(Cl)cc1)Cc1c(F)cccc1F. The molecule has 0 radical (unpaired) electrons. The molecule has 100 valence electrons. The number of hydrogen-bond donors (Lipinski definition) is 1. The molecular formula is C15H14ClF2N. The average molecular weight is 282 g/mol. The standard InChI is InChI=1S/C15H14ClF2N/c16-11-6-4-10(5-7-11)8-12(19)9-13-14(17)2-1-3-15(13)18/h1-7,12H,8-9,19H2. The van der Waals surface area contributed by atoms with Crippen molar-refractivity contribution in [3.8, 4) is 0 Å². The van der Waals surface area contributed by atoms with Crippen LogP contribution in [0.3, 0.4) is 0 Å². The van der Waals surface area contributed by atoms with Crippen molar-refractivity contribution in [1.29, 1.82) is 0 Å². The van der Waals surface area contributed by atoms with E-state index in [-0.39, 0.29) is 18.0 Å². The highest BCUT2D eigenvalue weighted by Crippen LogP contribution is 2.16. The van der Waals surface area contributed by atoms with Crippen LogP contribution in [0.2, 0.25) is 5.02 Å². The lowest BCUT2D eigenvalue weighted by Crippen LogP contribution is -2.26. The highest BCUT2D eigenvalue weighted by Gasteiger charge is 2.13. The first-order chi connectivity index (χ1) is 9.06. The summed E-state index contributed by atoms with van der Waals surface area (Å²) in [5, 5.41) is 0.650. The topological polar surface area (TPSA) is 26.0 Å². The molecule has 0 aromatic heterocycles. The van der Waals surface area contributed by atoms with E-state index in [2.05, 4.69) is 0 Å². The summed E-state index contributed by atoms with van der Waals surface area (Å²) in [5.74, 6) is -1.10. The molecule has 2 N–H and O–H groups in total. The fraction of sp³-hybridized carbons (Fsp3) is 0.200. The monoisotopic (exact) mass is 281 g/mol. The van der Waals surface area contributed by atoms with Gasteiger partial charge < -0.3 is 5.73 Å². The van der Waals surface area contributed by atoms with Gasteiger partial charge in [-0.15, -0.1) is 0 Å². The highest BCUT2D eigenvalue weighted by atomic mass is 35.5. The van der Waals surface area contributed by atoms with Crippen molar-refractivity contribution in [3.63, 3.8) is 0 Å². The Bertz CT molecular complexity index is 534. The fourth-order valence-electron chi connectivity index (χ4n) is 1.98. The van der Waals surface area contributed by atoms with Crippen LogP contribution in [0.25, 0.3) is 0 Å². The van der Waals surface area contributed by atoms with Crippen LogP contribution >= 0.6 is 11.6 Å². The molecule has 1 nitrogen and oxygen atoms in total. The Labute approximate surface area is 116 Å².